The lowest BCUT2D eigenvalue weighted by molar-refractivity contribution is 0.367. The fourth-order valence-corrected chi connectivity index (χ4v) is 2.45. The smallest absolute Gasteiger partial charge is 0.204 e. The lowest BCUT2D eigenvalue weighted by atomic mass is 10.1. The van der Waals surface area contributed by atoms with E-state index in [1.54, 1.807) is 6.07 Å². The first-order chi connectivity index (χ1) is 11.5. The minimum atomic E-state index is -0.552. The molecule has 1 aromatic heterocycles. The molecule has 2 aromatic carbocycles. The van der Waals surface area contributed by atoms with Gasteiger partial charge in [-0.3, -0.25) is 4.79 Å². The average molecular weight is 330 g/mol. The van der Waals surface area contributed by atoms with Crippen molar-refractivity contribution in [3.8, 4) is 40.1 Å². The van der Waals surface area contributed by atoms with Crippen molar-refractivity contribution < 1.29 is 29.2 Å². The first-order valence-electron chi connectivity index (χ1n) is 6.90. The van der Waals surface area contributed by atoms with Crippen molar-refractivity contribution >= 4 is 11.0 Å². The van der Waals surface area contributed by atoms with Crippen LogP contribution in [-0.2, 0) is 0 Å². The first kappa shape index (κ1) is 15.5. The molecule has 0 atom stereocenters. The molecule has 124 valence electrons. The molecule has 3 N–H and O–H groups in total. The third kappa shape index (κ3) is 2.36. The maximum atomic E-state index is 12.4. The van der Waals surface area contributed by atoms with Crippen LogP contribution in [0.25, 0.3) is 22.3 Å². The third-order valence-electron chi connectivity index (χ3n) is 3.59. The molecule has 7 nitrogen and oxygen atoms in total. The highest BCUT2D eigenvalue weighted by molar-refractivity contribution is 5.91. The zero-order valence-electron chi connectivity index (χ0n) is 12.9. The van der Waals surface area contributed by atoms with Crippen molar-refractivity contribution in [2.45, 2.75) is 0 Å². The fourth-order valence-electron chi connectivity index (χ4n) is 2.45. The van der Waals surface area contributed by atoms with Crippen molar-refractivity contribution in [3.63, 3.8) is 0 Å². The molecular weight excluding hydrogens is 316 g/mol. The van der Waals surface area contributed by atoms with Gasteiger partial charge in [0.15, 0.2) is 16.8 Å². The largest absolute Gasteiger partial charge is 0.507 e. The van der Waals surface area contributed by atoms with Crippen molar-refractivity contribution in [1.82, 2.24) is 0 Å². The molecule has 0 amide bonds. The number of rotatable bonds is 3. The summed E-state index contributed by atoms with van der Waals surface area (Å²) < 4.78 is 15.8. The van der Waals surface area contributed by atoms with E-state index in [0.29, 0.717) is 5.75 Å². The molecule has 7 heteroatoms. The summed E-state index contributed by atoms with van der Waals surface area (Å²) in [6.45, 7) is 0. The number of hydrogen-bond acceptors (Lipinski definition) is 7. The lowest BCUT2D eigenvalue weighted by Gasteiger charge is -2.11. The molecule has 0 radical (unpaired) electrons. The van der Waals surface area contributed by atoms with E-state index in [0.717, 1.165) is 12.1 Å². The van der Waals surface area contributed by atoms with Gasteiger partial charge in [-0.25, -0.2) is 0 Å². The van der Waals surface area contributed by atoms with Crippen LogP contribution in [0.2, 0.25) is 0 Å². The summed E-state index contributed by atoms with van der Waals surface area (Å²) in [7, 11) is 2.76. The van der Waals surface area contributed by atoms with Gasteiger partial charge in [0.2, 0.25) is 5.75 Å². The Kier molecular flexibility index (Phi) is 3.69. The molecule has 0 spiro atoms. The number of hydrogen-bond donors (Lipinski definition) is 3. The second kappa shape index (κ2) is 5.69. The van der Waals surface area contributed by atoms with Crippen molar-refractivity contribution in [2.75, 3.05) is 14.2 Å². The Hall–Kier alpha value is -3.35. The Balaban J connectivity index is 2.38. The number of ether oxygens (including phenoxy) is 2. The number of aromatic hydroxyl groups is 3. The Labute approximate surface area is 135 Å². The Morgan fingerprint density at radius 2 is 1.67 bits per heavy atom. The highest BCUT2D eigenvalue weighted by Crippen LogP contribution is 2.41. The molecule has 0 unspecified atom stereocenters. The van der Waals surface area contributed by atoms with Crippen LogP contribution in [0.15, 0.2) is 39.5 Å². The topological polar surface area (TPSA) is 109 Å². The number of benzene rings is 2. The normalized spacial score (nSPS) is 10.8. The summed E-state index contributed by atoms with van der Waals surface area (Å²) in [4.78, 5) is 12.4. The fraction of sp³-hybridized carbons (Fsp3) is 0.118. The molecule has 0 aliphatic rings. The van der Waals surface area contributed by atoms with E-state index in [1.807, 2.05) is 0 Å². The molecule has 1 heterocycles. The molecule has 0 bridgehead atoms. The predicted octanol–water partition coefficient (Wildman–Crippen LogP) is 2.59. The third-order valence-corrected chi connectivity index (χ3v) is 3.59. The van der Waals surface area contributed by atoms with Gasteiger partial charge in [0.25, 0.3) is 0 Å². The van der Waals surface area contributed by atoms with E-state index in [4.69, 9.17) is 13.9 Å². The number of methoxy groups -OCH3 is 2. The minimum absolute atomic E-state index is 0.0344. The molecule has 3 aromatic rings. The van der Waals surface area contributed by atoms with Crippen molar-refractivity contribution in [2.24, 2.45) is 0 Å². The Morgan fingerprint density at radius 1 is 0.917 bits per heavy atom. The Bertz CT molecular complexity index is 988. The summed E-state index contributed by atoms with van der Waals surface area (Å²) in [6, 6.07) is 6.58. The van der Waals surface area contributed by atoms with Gasteiger partial charge in [-0.05, 0) is 18.2 Å². The summed E-state index contributed by atoms with van der Waals surface area (Å²) in [5.41, 5.74) is -0.456. The van der Waals surface area contributed by atoms with Gasteiger partial charge in [-0.2, -0.15) is 0 Å². The second-order valence-electron chi connectivity index (χ2n) is 5.01. The van der Waals surface area contributed by atoms with Gasteiger partial charge in [-0.15, -0.1) is 0 Å². The standard InChI is InChI=1S/C17H14O7/c1-22-8-3-4-10(18)9(5-8)14-7-12(20)15-11(19)6-13(21)16(23-2)17(15)24-14/h3-7,18-19,21H,1-2H3. The molecular formula is C17H14O7. The van der Waals surface area contributed by atoms with Crippen LogP contribution in [0.4, 0.5) is 0 Å². The highest BCUT2D eigenvalue weighted by atomic mass is 16.5. The first-order valence-corrected chi connectivity index (χ1v) is 6.90. The van der Waals surface area contributed by atoms with Crippen molar-refractivity contribution in [3.05, 3.63) is 40.6 Å². The van der Waals surface area contributed by atoms with Crippen LogP contribution in [0.3, 0.4) is 0 Å². The van der Waals surface area contributed by atoms with Crippen LogP contribution < -0.4 is 14.9 Å². The number of phenols is 3. The number of fused-ring (bicyclic) bond motifs is 1. The predicted molar refractivity (Wildman–Crippen MR) is 86.0 cm³/mol. The second-order valence-corrected chi connectivity index (χ2v) is 5.01. The van der Waals surface area contributed by atoms with E-state index in [1.165, 1.54) is 26.4 Å². The quantitative estimate of drug-likeness (QED) is 0.677. The van der Waals surface area contributed by atoms with Gasteiger partial charge < -0.3 is 29.2 Å². The van der Waals surface area contributed by atoms with Gasteiger partial charge >= 0.3 is 0 Å². The monoisotopic (exact) mass is 330 g/mol. The van der Waals surface area contributed by atoms with Crippen LogP contribution in [0.1, 0.15) is 0 Å². The van der Waals surface area contributed by atoms with Gasteiger partial charge in [0.1, 0.15) is 28.4 Å². The van der Waals surface area contributed by atoms with Gasteiger partial charge in [-0.1, -0.05) is 0 Å². The average Bonchev–Trinajstić information content (AvgIpc) is 2.54. The maximum Gasteiger partial charge on any atom is 0.204 e. The van der Waals surface area contributed by atoms with E-state index in [9.17, 15) is 20.1 Å². The molecule has 24 heavy (non-hydrogen) atoms. The molecule has 0 fully saturated rings. The summed E-state index contributed by atoms with van der Waals surface area (Å²) in [6.07, 6.45) is 0. The molecule has 0 aliphatic heterocycles. The van der Waals surface area contributed by atoms with Gasteiger partial charge in [0.05, 0.1) is 19.8 Å². The summed E-state index contributed by atoms with van der Waals surface area (Å²) >= 11 is 0. The number of phenolic OH excluding ortho intramolecular Hbond substituents is 3. The highest BCUT2D eigenvalue weighted by Gasteiger charge is 2.20. The van der Waals surface area contributed by atoms with Crippen LogP contribution in [-0.4, -0.2) is 29.5 Å². The zero-order chi connectivity index (χ0) is 17.4. The van der Waals surface area contributed by atoms with Crippen LogP contribution in [0.5, 0.6) is 28.7 Å². The summed E-state index contributed by atoms with van der Waals surface area (Å²) in [5, 5.41) is 29.7. The molecule has 0 aliphatic carbocycles. The summed E-state index contributed by atoms with van der Waals surface area (Å²) in [5.74, 6) is -0.537. The lowest BCUT2D eigenvalue weighted by Crippen LogP contribution is -2.02. The van der Waals surface area contributed by atoms with Crippen molar-refractivity contribution in [1.29, 1.82) is 0 Å². The van der Waals surface area contributed by atoms with E-state index >= 15 is 0 Å². The molecule has 0 saturated carbocycles. The SMILES string of the molecule is COc1ccc(O)c(-c2cc(=O)c3c(O)cc(O)c(OC)c3o2)c1. The van der Waals surface area contributed by atoms with Crippen LogP contribution >= 0.6 is 0 Å². The van der Waals surface area contributed by atoms with Gasteiger partial charge in [0, 0.05) is 12.1 Å². The maximum absolute atomic E-state index is 12.4. The molecule has 0 saturated heterocycles. The Morgan fingerprint density at radius 3 is 2.33 bits per heavy atom. The minimum Gasteiger partial charge on any atom is -0.507 e. The van der Waals surface area contributed by atoms with Crippen LogP contribution in [0, 0.1) is 0 Å². The van der Waals surface area contributed by atoms with E-state index < -0.39 is 11.2 Å². The van der Waals surface area contributed by atoms with E-state index in [-0.39, 0.29) is 39.5 Å². The van der Waals surface area contributed by atoms with E-state index in [2.05, 4.69) is 0 Å². The zero-order valence-corrected chi connectivity index (χ0v) is 12.9. The molecule has 3 rings (SSSR count).